The van der Waals surface area contributed by atoms with Gasteiger partial charge in [0.2, 0.25) is 11.1 Å². The van der Waals surface area contributed by atoms with E-state index in [1.54, 1.807) is 0 Å². The van der Waals surface area contributed by atoms with Crippen LogP contribution in [0.5, 0.6) is 0 Å². The lowest BCUT2D eigenvalue weighted by Gasteiger charge is -2.29. The maximum absolute atomic E-state index is 2.43. The van der Waals surface area contributed by atoms with Crippen LogP contribution in [0.4, 0.5) is 11.4 Å². The van der Waals surface area contributed by atoms with Crippen LogP contribution in [0.2, 0.25) is 0 Å². The van der Waals surface area contributed by atoms with Crippen LogP contribution in [-0.4, -0.2) is 54.9 Å². The minimum absolute atomic E-state index is 0.407. The van der Waals surface area contributed by atoms with Crippen molar-refractivity contribution in [2.24, 2.45) is 0 Å². The van der Waals surface area contributed by atoms with Crippen molar-refractivity contribution in [3.63, 3.8) is 0 Å². The third-order valence-corrected chi connectivity index (χ3v) is 7.49. The molecule has 0 amide bonds. The van der Waals surface area contributed by atoms with Gasteiger partial charge in [0, 0.05) is 42.1 Å². The van der Waals surface area contributed by atoms with Crippen molar-refractivity contribution in [3.8, 4) is 0 Å². The predicted molar refractivity (Wildman–Crippen MR) is 133 cm³/mol. The number of hydrogen-bond donors (Lipinski definition) is 0. The van der Waals surface area contributed by atoms with E-state index in [4.69, 9.17) is 0 Å². The number of allylic oxidation sites excluding steroid dienone is 4. The molecule has 1 atom stereocenters. The van der Waals surface area contributed by atoms with E-state index in [1.165, 1.54) is 45.9 Å². The van der Waals surface area contributed by atoms with Crippen molar-refractivity contribution >= 4 is 34.9 Å². The SMILES string of the molecule is C[N+](C)(C)CCCN1C=CC(=CC=C2CC=[N+]3c4ccccc4SC23)c2ccccc21. The first-order valence-corrected chi connectivity index (χ1v) is 12.0. The molecule has 0 bridgehead atoms. The van der Waals surface area contributed by atoms with Crippen LogP contribution in [0, 0.1) is 0 Å². The molecule has 0 saturated carbocycles. The molecule has 3 aliphatic heterocycles. The van der Waals surface area contributed by atoms with Gasteiger partial charge in [-0.25, -0.2) is 0 Å². The number of benzene rings is 2. The summed E-state index contributed by atoms with van der Waals surface area (Å²) in [5.41, 5.74) is 6.77. The Hall–Kier alpha value is -2.56. The van der Waals surface area contributed by atoms with Crippen molar-refractivity contribution < 1.29 is 9.06 Å². The predicted octanol–water partition coefficient (Wildman–Crippen LogP) is 5.68. The van der Waals surface area contributed by atoms with Gasteiger partial charge < -0.3 is 9.38 Å². The van der Waals surface area contributed by atoms with E-state index in [0.717, 1.165) is 17.4 Å². The summed E-state index contributed by atoms with van der Waals surface area (Å²) in [5.74, 6) is 0. The first kappa shape index (κ1) is 20.3. The fraction of sp³-hybridized carbons (Fsp3) is 0.296. The molecule has 0 fully saturated rings. The van der Waals surface area contributed by atoms with Gasteiger partial charge in [-0.3, -0.25) is 0 Å². The number of hydrogen-bond acceptors (Lipinski definition) is 2. The summed E-state index contributed by atoms with van der Waals surface area (Å²) in [6.45, 7) is 2.23. The Morgan fingerprint density at radius 1 is 1.06 bits per heavy atom. The topological polar surface area (TPSA) is 6.25 Å². The van der Waals surface area contributed by atoms with Crippen LogP contribution in [-0.2, 0) is 0 Å². The lowest BCUT2D eigenvalue weighted by Crippen LogP contribution is -2.37. The minimum Gasteiger partial charge on any atom is -0.347 e. The van der Waals surface area contributed by atoms with E-state index in [-0.39, 0.29) is 0 Å². The normalized spacial score (nSPS) is 22.0. The highest BCUT2D eigenvalue weighted by atomic mass is 32.2. The fourth-order valence-corrected chi connectivity index (χ4v) is 5.87. The van der Waals surface area contributed by atoms with E-state index in [2.05, 4.69) is 110 Å². The molecule has 3 heterocycles. The number of thioether (sulfide) groups is 1. The van der Waals surface area contributed by atoms with Crippen molar-refractivity contribution in [2.45, 2.75) is 23.1 Å². The second-order valence-corrected chi connectivity index (χ2v) is 10.6. The molecule has 31 heavy (non-hydrogen) atoms. The first-order chi connectivity index (χ1) is 15.0. The molecule has 0 N–H and O–H groups in total. The molecule has 5 rings (SSSR count). The van der Waals surface area contributed by atoms with Crippen LogP contribution in [0.15, 0.2) is 83.4 Å². The highest BCUT2D eigenvalue weighted by Crippen LogP contribution is 2.47. The summed E-state index contributed by atoms with van der Waals surface area (Å²) in [6, 6.07) is 17.5. The Morgan fingerprint density at radius 3 is 2.74 bits per heavy atom. The zero-order valence-electron chi connectivity index (χ0n) is 18.7. The standard InChI is InChI=1S/C27H31N3S/c1-30(2,3)20-8-17-28-18-15-21(23-9-4-5-10-24(23)28)13-14-22-16-19-29-25-11-6-7-12-26(25)31-27(22)29/h4-7,9-15,18-19,27H,8,16-17,20H2,1-3H3/q+2. The summed E-state index contributed by atoms with van der Waals surface area (Å²) in [4.78, 5) is 3.79. The Morgan fingerprint density at radius 2 is 1.87 bits per heavy atom. The van der Waals surface area contributed by atoms with Gasteiger partial charge in [-0.1, -0.05) is 42.5 Å². The monoisotopic (exact) mass is 429 g/mol. The van der Waals surface area contributed by atoms with Crippen molar-refractivity contribution in [1.29, 1.82) is 0 Å². The molecule has 3 aliphatic rings. The number of para-hydroxylation sites is 2. The van der Waals surface area contributed by atoms with Gasteiger partial charge in [-0.05, 0) is 35.5 Å². The lowest BCUT2D eigenvalue weighted by molar-refractivity contribution is -0.870. The molecule has 0 radical (unpaired) electrons. The van der Waals surface area contributed by atoms with Crippen LogP contribution >= 0.6 is 11.8 Å². The highest BCUT2D eigenvalue weighted by molar-refractivity contribution is 8.00. The van der Waals surface area contributed by atoms with Gasteiger partial charge in [0.15, 0.2) is 6.21 Å². The molecule has 4 heteroatoms. The van der Waals surface area contributed by atoms with Crippen LogP contribution < -0.4 is 4.90 Å². The molecular formula is C27H31N3S+2. The van der Waals surface area contributed by atoms with Crippen molar-refractivity contribution in [2.75, 3.05) is 39.1 Å². The largest absolute Gasteiger partial charge is 0.347 e. The molecule has 2 aromatic rings. The lowest BCUT2D eigenvalue weighted by atomic mass is 9.98. The molecule has 158 valence electrons. The molecule has 3 nitrogen and oxygen atoms in total. The second-order valence-electron chi connectivity index (χ2n) is 9.49. The molecule has 2 aromatic carbocycles. The summed E-state index contributed by atoms with van der Waals surface area (Å²) in [6.07, 6.45) is 13.7. The number of quaternary nitrogens is 1. The summed E-state index contributed by atoms with van der Waals surface area (Å²) < 4.78 is 3.44. The molecule has 1 unspecified atom stereocenters. The van der Waals surface area contributed by atoms with Crippen LogP contribution in [0.1, 0.15) is 18.4 Å². The number of nitrogens with zero attached hydrogens (tertiary/aromatic N) is 3. The van der Waals surface area contributed by atoms with Gasteiger partial charge in [0.05, 0.1) is 39.0 Å². The maximum atomic E-state index is 2.43. The average Bonchev–Trinajstić information content (AvgIpc) is 3.31. The first-order valence-electron chi connectivity index (χ1n) is 11.1. The molecule has 0 spiro atoms. The van der Waals surface area contributed by atoms with E-state index in [0.29, 0.717) is 5.37 Å². The van der Waals surface area contributed by atoms with Gasteiger partial charge in [0.1, 0.15) is 0 Å². The fourth-order valence-electron chi connectivity index (χ4n) is 4.54. The average molecular weight is 430 g/mol. The third kappa shape index (κ3) is 4.15. The Labute approximate surface area is 190 Å². The maximum Gasteiger partial charge on any atom is 0.231 e. The Kier molecular flexibility index (Phi) is 5.37. The molecule has 0 saturated heterocycles. The summed E-state index contributed by atoms with van der Waals surface area (Å²) in [7, 11) is 6.78. The number of anilines is 1. The van der Waals surface area contributed by atoms with Gasteiger partial charge >= 0.3 is 0 Å². The number of rotatable bonds is 5. The van der Waals surface area contributed by atoms with Gasteiger partial charge in [-0.2, -0.15) is 4.58 Å². The minimum atomic E-state index is 0.407. The van der Waals surface area contributed by atoms with Crippen molar-refractivity contribution in [3.05, 3.63) is 84.1 Å². The molecular weight excluding hydrogens is 398 g/mol. The van der Waals surface area contributed by atoms with E-state index in [1.807, 2.05) is 11.8 Å². The third-order valence-electron chi connectivity index (χ3n) is 6.14. The quantitative estimate of drug-likeness (QED) is 0.446. The summed E-state index contributed by atoms with van der Waals surface area (Å²) >= 11 is 1.97. The van der Waals surface area contributed by atoms with Crippen LogP contribution in [0.25, 0.3) is 5.57 Å². The van der Waals surface area contributed by atoms with Gasteiger partial charge in [-0.15, -0.1) is 0 Å². The van der Waals surface area contributed by atoms with E-state index >= 15 is 0 Å². The van der Waals surface area contributed by atoms with E-state index < -0.39 is 0 Å². The Bertz CT molecular complexity index is 1120. The summed E-state index contributed by atoms with van der Waals surface area (Å²) in [5, 5.41) is 0.407. The van der Waals surface area contributed by atoms with Gasteiger partial charge in [0.25, 0.3) is 0 Å². The Balaban J connectivity index is 1.35. The zero-order chi connectivity index (χ0) is 21.4. The smallest absolute Gasteiger partial charge is 0.231 e. The number of fused-ring (bicyclic) bond motifs is 4. The zero-order valence-corrected chi connectivity index (χ0v) is 19.5. The molecule has 0 aromatic heterocycles. The second kappa shape index (κ2) is 8.18. The van der Waals surface area contributed by atoms with E-state index in [9.17, 15) is 0 Å². The van der Waals surface area contributed by atoms with Crippen LogP contribution in [0.3, 0.4) is 0 Å². The highest BCUT2D eigenvalue weighted by Gasteiger charge is 2.41. The molecule has 0 aliphatic carbocycles. The van der Waals surface area contributed by atoms with Crippen molar-refractivity contribution in [1.82, 2.24) is 0 Å².